The molecule has 43 heavy (non-hydrogen) atoms. The monoisotopic (exact) mass is 620 g/mol. The van der Waals surface area contributed by atoms with E-state index in [2.05, 4.69) is 4.99 Å². The van der Waals surface area contributed by atoms with E-state index in [0.717, 1.165) is 11.1 Å². The summed E-state index contributed by atoms with van der Waals surface area (Å²) in [6, 6.07) is 12.9. The van der Waals surface area contributed by atoms with Crippen molar-refractivity contribution in [3.63, 3.8) is 0 Å². The van der Waals surface area contributed by atoms with Gasteiger partial charge in [0.05, 0.1) is 41.7 Å². The van der Waals surface area contributed by atoms with E-state index in [4.69, 9.17) is 30.2 Å². The Morgan fingerprint density at radius 2 is 1.84 bits per heavy atom. The molecule has 0 fully saturated rings. The van der Waals surface area contributed by atoms with Crippen LogP contribution in [-0.2, 0) is 14.3 Å². The van der Waals surface area contributed by atoms with Crippen molar-refractivity contribution >= 4 is 41.0 Å². The van der Waals surface area contributed by atoms with Crippen molar-refractivity contribution < 1.29 is 28.2 Å². The highest BCUT2D eigenvalue weighted by molar-refractivity contribution is 7.07. The van der Waals surface area contributed by atoms with Gasteiger partial charge in [0, 0.05) is 22.2 Å². The highest BCUT2D eigenvalue weighted by atomic mass is 35.5. The predicted octanol–water partition coefficient (Wildman–Crippen LogP) is 5.20. The maximum absolute atomic E-state index is 14.0. The lowest BCUT2D eigenvalue weighted by Crippen LogP contribution is -2.40. The van der Waals surface area contributed by atoms with Gasteiger partial charge in [-0.25, -0.2) is 14.6 Å². The summed E-state index contributed by atoms with van der Waals surface area (Å²) in [6.45, 7) is 7.09. The van der Waals surface area contributed by atoms with Crippen LogP contribution in [0, 0.1) is 6.92 Å². The first-order valence-electron chi connectivity index (χ1n) is 13.4. The number of hydrogen-bond acceptors (Lipinski definition) is 9. The van der Waals surface area contributed by atoms with E-state index in [1.165, 1.54) is 30.1 Å². The number of halogens is 1. The number of aryl methyl sites for hydroxylation is 1. The second-order valence-corrected chi connectivity index (χ2v) is 11.6. The second-order valence-electron chi connectivity index (χ2n) is 10.1. The smallest absolute Gasteiger partial charge is 0.338 e. The van der Waals surface area contributed by atoms with Crippen LogP contribution in [0.15, 0.2) is 74.0 Å². The fourth-order valence-corrected chi connectivity index (χ4v) is 6.17. The van der Waals surface area contributed by atoms with Crippen LogP contribution < -0.4 is 19.6 Å². The van der Waals surface area contributed by atoms with Crippen molar-refractivity contribution in [1.29, 1.82) is 0 Å². The predicted molar refractivity (Wildman–Crippen MR) is 163 cm³/mol. The van der Waals surface area contributed by atoms with Crippen LogP contribution in [0.25, 0.3) is 17.4 Å². The number of carbonyl (C=O) groups excluding carboxylic acids is 2. The lowest BCUT2D eigenvalue weighted by Gasteiger charge is -2.26. The molecule has 0 amide bonds. The van der Waals surface area contributed by atoms with Gasteiger partial charge >= 0.3 is 11.9 Å². The van der Waals surface area contributed by atoms with E-state index in [-0.39, 0.29) is 17.2 Å². The summed E-state index contributed by atoms with van der Waals surface area (Å²) >= 11 is 7.56. The highest BCUT2D eigenvalue weighted by Crippen LogP contribution is 2.37. The maximum Gasteiger partial charge on any atom is 0.338 e. The quantitative estimate of drug-likeness (QED) is 0.261. The average Bonchev–Trinajstić information content (AvgIpc) is 3.55. The Balaban J connectivity index is 1.63. The van der Waals surface area contributed by atoms with Gasteiger partial charge in [-0.05, 0) is 75.7 Å². The number of nitrogens with zero attached hydrogens (tertiary/aromatic N) is 2. The lowest BCUT2D eigenvalue weighted by atomic mass is 9.95. The number of carbonyl (C=O) groups is 2. The van der Waals surface area contributed by atoms with E-state index in [9.17, 15) is 14.4 Å². The maximum atomic E-state index is 14.0. The fraction of sp³-hybridized carbons (Fsp3) is 0.250. The Morgan fingerprint density at radius 1 is 1.07 bits per heavy atom. The van der Waals surface area contributed by atoms with E-state index < -0.39 is 18.0 Å². The van der Waals surface area contributed by atoms with E-state index in [1.807, 2.05) is 6.92 Å². The first-order valence-corrected chi connectivity index (χ1v) is 14.6. The minimum atomic E-state index is -0.888. The van der Waals surface area contributed by atoms with Gasteiger partial charge in [0.15, 0.2) is 4.80 Å². The Labute approximate surface area is 256 Å². The SMILES string of the molecule is COC(=O)c1ccc(-c2ccc(/C=c3\sc4n(c3=O)[C@H](c3cc(Cl)ccc3OC)C(C(=O)OC(C)C)=C(C)N=4)o2)c(C)c1. The second kappa shape index (κ2) is 12.1. The summed E-state index contributed by atoms with van der Waals surface area (Å²) in [4.78, 5) is 44.3. The van der Waals surface area contributed by atoms with Crippen molar-refractivity contribution in [2.24, 2.45) is 4.99 Å². The first kappa shape index (κ1) is 30.1. The van der Waals surface area contributed by atoms with Crippen LogP contribution in [0.5, 0.6) is 5.75 Å². The number of esters is 2. The van der Waals surface area contributed by atoms with Crippen LogP contribution in [-0.4, -0.2) is 36.8 Å². The third-order valence-electron chi connectivity index (χ3n) is 6.88. The van der Waals surface area contributed by atoms with Crippen LogP contribution in [0.4, 0.5) is 0 Å². The summed E-state index contributed by atoms with van der Waals surface area (Å²) in [6.07, 6.45) is 1.26. The summed E-state index contributed by atoms with van der Waals surface area (Å²) in [5, 5.41) is 0.419. The van der Waals surface area contributed by atoms with E-state index in [0.29, 0.717) is 48.5 Å². The van der Waals surface area contributed by atoms with Gasteiger partial charge in [-0.2, -0.15) is 0 Å². The summed E-state index contributed by atoms with van der Waals surface area (Å²) in [7, 11) is 2.85. The van der Waals surface area contributed by atoms with Gasteiger partial charge in [0.2, 0.25) is 0 Å². The zero-order valence-electron chi connectivity index (χ0n) is 24.4. The molecule has 2 aromatic carbocycles. The van der Waals surface area contributed by atoms with Crippen LogP contribution in [0.2, 0.25) is 5.02 Å². The minimum Gasteiger partial charge on any atom is -0.496 e. The number of furan rings is 1. The molecular formula is C32H29ClN2O7S. The Morgan fingerprint density at radius 3 is 2.51 bits per heavy atom. The first-order chi connectivity index (χ1) is 20.5. The molecule has 1 atom stereocenters. The van der Waals surface area contributed by atoms with Crippen LogP contribution in [0.1, 0.15) is 54.1 Å². The summed E-state index contributed by atoms with van der Waals surface area (Å²) in [5.74, 6) is 0.474. The van der Waals surface area contributed by atoms with Crippen molar-refractivity contribution in [3.05, 3.63) is 107 Å². The Bertz CT molecular complexity index is 1970. The molecule has 0 saturated carbocycles. The normalized spacial score (nSPS) is 14.9. The van der Waals surface area contributed by atoms with Gasteiger partial charge in [0.1, 0.15) is 23.3 Å². The van der Waals surface area contributed by atoms with Crippen molar-refractivity contribution in [3.8, 4) is 17.1 Å². The molecule has 1 aliphatic rings. The third-order valence-corrected chi connectivity index (χ3v) is 8.10. The molecular weight excluding hydrogens is 592 g/mol. The Kier molecular flexibility index (Phi) is 8.43. The molecule has 2 aromatic heterocycles. The minimum absolute atomic E-state index is 0.222. The van der Waals surface area contributed by atoms with Crippen LogP contribution >= 0.6 is 22.9 Å². The average molecular weight is 621 g/mol. The molecule has 0 saturated heterocycles. The molecule has 0 unspecified atom stereocenters. The number of ether oxygens (including phenoxy) is 3. The number of allylic oxidation sites excluding steroid dienone is 1. The molecule has 222 valence electrons. The molecule has 0 spiro atoms. The van der Waals surface area contributed by atoms with Gasteiger partial charge in [-0.3, -0.25) is 9.36 Å². The number of fused-ring (bicyclic) bond motifs is 1. The molecule has 4 aromatic rings. The molecule has 5 rings (SSSR count). The largest absolute Gasteiger partial charge is 0.496 e. The third kappa shape index (κ3) is 5.80. The number of rotatable bonds is 7. The molecule has 0 radical (unpaired) electrons. The van der Waals surface area contributed by atoms with Gasteiger partial charge < -0.3 is 18.6 Å². The summed E-state index contributed by atoms with van der Waals surface area (Å²) < 4.78 is 23.9. The van der Waals surface area contributed by atoms with Gasteiger partial charge in [-0.1, -0.05) is 29.0 Å². The zero-order valence-corrected chi connectivity index (χ0v) is 26.0. The molecule has 0 N–H and O–H groups in total. The van der Waals surface area contributed by atoms with E-state index in [1.54, 1.807) is 75.4 Å². The molecule has 1 aliphatic heterocycles. The van der Waals surface area contributed by atoms with E-state index >= 15 is 0 Å². The highest BCUT2D eigenvalue weighted by Gasteiger charge is 2.35. The van der Waals surface area contributed by atoms with Gasteiger partial charge in [0.25, 0.3) is 5.56 Å². The lowest BCUT2D eigenvalue weighted by molar-refractivity contribution is -0.143. The van der Waals surface area contributed by atoms with Crippen molar-refractivity contribution in [2.75, 3.05) is 14.2 Å². The Hall–Kier alpha value is -4.41. The fourth-order valence-electron chi connectivity index (χ4n) is 4.96. The number of thiazole rings is 1. The van der Waals surface area contributed by atoms with Crippen LogP contribution in [0.3, 0.4) is 0 Å². The molecule has 3 heterocycles. The number of hydrogen-bond donors (Lipinski definition) is 0. The van der Waals surface area contributed by atoms with Gasteiger partial charge in [-0.15, -0.1) is 0 Å². The van der Waals surface area contributed by atoms with Crippen molar-refractivity contribution in [2.45, 2.75) is 39.8 Å². The number of benzene rings is 2. The van der Waals surface area contributed by atoms with Crippen molar-refractivity contribution in [1.82, 2.24) is 4.57 Å². The molecule has 0 aliphatic carbocycles. The molecule has 0 bridgehead atoms. The standard InChI is InChI=1S/C32H29ClN2O7S/c1-16(2)41-31(38)27-18(4)34-32-35(28(27)23-14-20(33)8-11-24(23)39-5)29(36)26(43-32)15-21-9-12-25(42-21)22-10-7-19(13-17(22)3)30(37)40-6/h7-16,28H,1-6H3/b26-15-/t28-/m1/s1. The molecule has 11 heteroatoms. The topological polar surface area (TPSA) is 109 Å². The zero-order chi connectivity index (χ0) is 31.0. The summed E-state index contributed by atoms with van der Waals surface area (Å²) in [5.41, 5.74) is 2.87. The molecule has 9 nitrogen and oxygen atoms in total. The number of methoxy groups -OCH3 is 2. The number of aromatic nitrogens is 1.